The molecule has 0 spiro atoms. The molecule has 7 rings (SSSR count). The second kappa shape index (κ2) is 12.6. The van der Waals surface area contributed by atoms with Gasteiger partial charge in [0.15, 0.2) is 0 Å². The predicted molar refractivity (Wildman–Crippen MR) is 167 cm³/mol. The lowest BCUT2D eigenvalue weighted by Gasteiger charge is -2.23. The SMILES string of the molecule is O=C(O)C1(c2ccc(-c3ccc(O)cc3)c(F)c2)CC1.O=C(O)C1(c2ccc(-c3ccc(OC4CCOCC4)cc3)c(F)c2)CC1. The molecule has 2 aliphatic carbocycles. The van der Waals surface area contributed by atoms with Crippen LogP contribution in [0.2, 0.25) is 0 Å². The van der Waals surface area contributed by atoms with E-state index in [0.717, 1.165) is 37.4 Å². The molecule has 4 aromatic rings. The second-order valence-electron chi connectivity index (χ2n) is 12.2. The Hall–Kier alpha value is -4.76. The van der Waals surface area contributed by atoms with Crippen molar-refractivity contribution in [1.82, 2.24) is 0 Å². The molecule has 1 saturated heterocycles. The number of phenols is 1. The van der Waals surface area contributed by atoms with Crippen LogP contribution in [0.15, 0.2) is 84.9 Å². The van der Waals surface area contributed by atoms with Crippen LogP contribution in [-0.4, -0.2) is 46.6 Å². The maximum atomic E-state index is 14.6. The number of hydrogen-bond donors (Lipinski definition) is 3. The molecule has 1 aliphatic heterocycles. The van der Waals surface area contributed by atoms with Crippen LogP contribution in [0.5, 0.6) is 11.5 Å². The molecule has 0 atom stereocenters. The van der Waals surface area contributed by atoms with Gasteiger partial charge in [0.25, 0.3) is 0 Å². The Morgan fingerprint density at radius 1 is 0.674 bits per heavy atom. The van der Waals surface area contributed by atoms with Gasteiger partial charge in [0.1, 0.15) is 29.2 Å². The Kier molecular flexibility index (Phi) is 8.53. The number of halogens is 2. The van der Waals surface area contributed by atoms with Gasteiger partial charge in [-0.25, -0.2) is 8.78 Å². The van der Waals surface area contributed by atoms with Crippen molar-refractivity contribution in [1.29, 1.82) is 0 Å². The molecule has 0 bridgehead atoms. The first-order valence-electron chi connectivity index (χ1n) is 15.3. The molecule has 2 saturated carbocycles. The van der Waals surface area contributed by atoms with Gasteiger partial charge in [-0.1, -0.05) is 48.5 Å². The Bertz CT molecular complexity index is 1740. The van der Waals surface area contributed by atoms with E-state index in [0.29, 0.717) is 53.5 Å². The first-order valence-corrected chi connectivity index (χ1v) is 15.3. The highest BCUT2D eigenvalue weighted by atomic mass is 19.1. The number of carbonyl (C=O) groups is 2. The standard InChI is InChI=1S/C21H21FO4.C16H13FO3/c22-19-13-15(21(9-10-21)20(23)24)3-6-18(19)14-1-4-16(5-2-14)26-17-7-11-25-12-8-17;17-14-9-11(16(7-8-16)15(19)20)3-6-13(14)10-1-4-12(18)5-2-10/h1-6,13,17H,7-12H2,(H,23,24);1-6,9,18H,7-8H2,(H,19,20). The largest absolute Gasteiger partial charge is 0.508 e. The molecule has 3 N–H and O–H groups in total. The predicted octanol–water partition coefficient (Wildman–Crippen LogP) is 7.48. The molecule has 1 heterocycles. The molecular weight excluding hydrogens is 594 g/mol. The van der Waals surface area contributed by atoms with Crippen molar-refractivity contribution in [3.05, 3.63) is 108 Å². The summed E-state index contributed by atoms with van der Waals surface area (Å²) in [6.45, 7) is 1.44. The van der Waals surface area contributed by atoms with E-state index < -0.39 is 34.4 Å². The summed E-state index contributed by atoms with van der Waals surface area (Å²) >= 11 is 0. The zero-order valence-electron chi connectivity index (χ0n) is 25.0. The Balaban J connectivity index is 0.000000167. The maximum Gasteiger partial charge on any atom is 0.314 e. The van der Waals surface area contributed by atoms with Gasteiger partial charge >= 0.3 is 11.9 Å². The molecule has 0 unspecified atom stereocenters. The molecule has 7 nitrogen and oxygen atoms in total. The number of aromatic hydroxyl groups is 1. The number of hydrogen-bond acceptors (Lipinski definition) is 5. The number of phenolic OH excluding ortho intramolecular Hbond substituents is 1. The molecule has 238 valence electrons. The number of carboxylic acids is 2. The maximum absolute atomic E-state index is 14.6. The van der Waals surface area contributed by atoms with E-state index in [4.69, 9.17) is 9.47 Å². The molecular formula is C37H34F2O7. The van der Waals surface area contributed by atoms with Crippen molar-refractivity contribution in [3.8, 4) is 33.8 Å². The number of benzene rings is 4. The molecule has 3 fully saturated rings. The third kappa shape index (κ3) is 6.33. The lowest BCUT2D eigenvalue weighted by molar-refractivity contribution is -0.141. The molecule has 4 aromatic carbocycles. The highest BCUT2D eigenvalue weighted by Gasteiger charge is 2.52. The fourth-order valence-corrected chi connectivity index (χ4v) is 5.94. The fourth-order valence-electron chi connectivity index (χ4n) is 5.94. The van der Waals surface area contributed by atoms with Crippen LogP contribution in [0.3, 0.4) is 0 Å². The van der Waals surface area contributed by atoms with E-state index >= 15 is 0 Å². The average molecular weight is 629 g/mol. The van der Waals surface area contributed by atoms with Gasteiger partial charge in [0.2, 0.25) is 0 Å². The van der Waals surface area contributed by atoms with Gasteiger partial charge in [-0.2, -0.15) is 0 Å². The summed E-state index contributed by atoms with van der Waals surface area (Å²) in [6, 6.07) is 22.9. The highest BCUT2D eigenvalue weighted by Crippen LogP contribution is 2.50. The van der Waals surface area contributed by atoms with Gasteiger partial charge in [-0.15, -0.1) is 0 Å². The van der Waals surface area contributed by atoms with E-state index in [-0.39, 0.29) is 11.9 Å². The number of rotatable bonds is 8. The lowest BCUT2D eigenvalue weighted by Crippen LogP contribution is -2.25. The molecule has 0 aromatic heterocycles. The second-order valence-corrected chi connectivity index (χ2v) is 12.2. The minimum absolute atomic E-state index is 0.119. The van der Waals surface area contributed by atoms with E-state index in [9.17, 15) is 33.7 Å². The summed E-state index contributed by atoms with van der Waals surface area (Å²) in [5.41, 5.74) is 1.54. The Labute approximate surface area is 265 Å². The van der Waals surface area contributed by atoms with Gasteiger partial charge in [0, 0.05) is 24.0 Å². The molecule has 0 radical (unpaired) electrons. The number of aliphatic carboxylic acids is 2. The Morgan fingerprint density at radius 2 is 1.11 bits per heavy atom. The van der Waals surface area contributed by atoms with Crippen molar-refractivity contribution < 1.29 is 43.2 Å². The zero-order valence-corrected chi connectivity index (χ0v) is 25.0. The third-order valence-electron chi connectivity index (χ3n) is 9.18. The molecule has 9 heteroatoms. The van der Waals surface area contributed by atoms with Crippen molar-refractivity contribution in [2.24, 2.45) is 0 Å². The van der Waals surface area contributed by atoms with E-state index in [1.54, 1.807) is 36.4 Å². The van der Waals surface area contributed by atoms with Crippen LogP contribution in [0, 0.1) is 11.6 Å². The smallest absolute Gasteiger partial charge is 0.314 e. The summed E-state index contributed by atoms with van der Waals surface area (Å²) in [5, 5.41) is 27.8. The lowest BCUT2D eigenvalue weighted by atomic mass is 9.93. The van der Waals surface area contributed by atoms with Crippen LogP contribution in [0.4, 0.5) is 8.78 Å². The van der Waals surface area contributed by atoms with E-state index in [1.807, 2.05) is 24.3 Å². The molecule has 0 amide bonds. The van der Waals surface area contributed by atoms with Crippen molar-refractivity contribution in [2.75, 3.05) is 13.2 Å². The van der Waals surface area contributed by atoms with E-state index in [1.165, 1.54) is 24.3 Å². The summed E-state index contributed by atoms with van der Waals surface area (Å²) in [6.07, 6.45) is 4.17. The average Bonchev–Trinajstić information content (AvgIpc) is 3.98. The van der Waals surface area contributed by atoms with Gasteiger partial charge in [-0.3, -0.25) is 9.59 Å². The summed E-state index contributed by atoms with van der Waals surface area (Å²) in [7, 11) is 0. The van der Waals surface area contributed by atoms with Gasteiger partial charge in [0.05, 0.1) is 24.0 Å². The molecule has 46 heavy (non-hydrogen) atoms. The monoisotopic (exact) mass is 628 g/mol. The highest BCUT2D eigenvalue weighted by molar-refractivity contribution is 5.86. The van der Waals surface area contributed by atoms with Crippen molar-refractivity contribution >= 4 is 11.9 Å². The first-order chi connectivity index (χ1) is 22.1. The topological polar surface area (TPSA) is 113 Å². The van der Waals surface area contributed by atoms with Crippen LogP contribution in [0.1, 0.15) is 49.7 Å². The van der Waals surface area contributed by atoms with Crippen LogP contribution in [0.25, 0.3) is 22.3 Å². The number of ether oxygens (including phenoxy) is 2. The fraction of sp³-hybridized carbons (Fsp3) is 0.297. The van der Waals surface area contributed by atoms with Crippen LogP contribution < -0.4 is 4.74 Å². The Morgan fingerprint density at radius 3 is 1.50 bits per heavy atom. The van der Waals surface area contributed by atoms with E-state index in [2.05, 4.69) is 0 Å². The summed E-state index contributed by atoms with van der Waals surface area (Å²) in [4.78, 5) is 22.6. The van der Waals surface area contributed by atoms with Gasteiger partial charge in [-0.05, 0) is 84.3 Å². The first kappa shape index (κ1) is 31.2. The molecule has 3 aliphatic rings. The minimum atomic E-state index is -0.895. The summed E-state index contributed by atoms with van der Waals surface area (Å²) in [5.74, 6) is -1.73. The van der Waals surface area contributed by atoms with Crippen molar-refractivity contribution in [2.45, 2.75) is 55.5 Å². The minimum Gasteiger partial charge on any atom is -0.508 e. The zero-order chi connectivity index (χ0) is 32.5. The third-order valence-corrected chi connectivity index (χ3v) is 9.18. The van der Waals surface area contributed by atoms with Crippen molar-refractivity contribution in [3.63, 3.8) is 0 Å². The van der Waals surface area contributed by atoms with Crippen LogP contribution >= 0.6 is 0 Å². The van der Waals surface area contributed by atoms with Gasteiger partial charge < -0.3 is 24.8 Å². The van der Waals surface area contributed by atoms with Crippen LogP contribution in [-0.2, 0) is 25.2 Å². The quantitative estimate of drug-likeness (QED) is 0.185. The normalized spacial score (nSPS) is 17.7. The number of carboxylic acid groups (broad SMARTS) is 2. The summed E-state index contributed by atoms with van der Waals surface area (Å²) < 4.78 is 40.1.